The zero-order chi connectivity index (χ0) is 17.1. The number of hydrogen-bond acceptors (Lipinski definition) is 3. The van der Waals surface area contributed by atoms with Crippen molar-refractivity contribution in [2.75, 3.05) is 13.1 Å². The zero-order valence-electron chi connectivity index (χ0n) is 15.7. The van der Waals surface area contributed by atoms with Crippen molar-refractivity contribution in [2.24, 2.45) is 34.5 Å². The highest BCUT2D eigenvalue weighted by molar-refractivity contribution is 5.55. The predicted molar refractivity (Wildman–Crippen MR) is 99.7 cm³/mol. The van der Waals surface area contributed by atoms with Crippen LogP contribution in [0.3, 0.4) is 0 Å². The largest absolute Gasteiger partial charge is 0.316 e. The smallest absolute Gasteiger partial charge is 0.0697 e. The lowest BCUT2D eigenvalue weighted by Crippen LogP contribution is -2.52. The second-order valence-corrected chi connectivity index (χ2v) is 9.59. The van der Waals surface area contributed by atoms with Crippen LogP contribution in [-0.4, -0.2) is 28.1 Å². The Morgan fingerprint density at radius 2 is 2.08 bits per heavy atom. The molecule has 136 valence electrons. The minimum absolute atomic E-state index is 0.293. The molecule has 1 N–H and O–H groups in total. The van der Waals surface area contributed by atoms with E-state index in [1.807, 2.05) is 17.1 Å². The Labute approximate surface area is 151 Å². The van der Waals surface area contributed by atoms with Crippen LogP contribution < -0.4 is 5.32 Å². The van der Waals surface area contributed by atoms with E-state index in [2.05, 4.69) is 35.6 Å². The van der Waals surface area contributed by atoms with Gasteiger partial charge in [-0.2, -0.15) is 0 Å². The fourth-order valence-corrected chi connectivity index (χ4v) is 7.37. The lowest BCUT2D eigenvalue weighted by atomic mass is 9.47. The van der Waals surface area contributed by atoms with Gasteiger partial charge in [-0.15, -0.1) is 5.10 Å². The molecule has 1 aromatic rings. The maximum atomic E-state index is 4.32. The quantitative estimate of drug-likeness (QED) is 0.841. The third-order valence-electron chi connectivity index (χ3n) is 8.73. The van der Waals surface area contributed by atoms with E-state index >= 15 is 0 Å². The minimum Gasteiger partial charge on any atom is -0.316 e. The number of nitrogens with one attached hydrogen (secondary N) is 1. The van der Waals surface area contributed by atoms with Crippen LogP contribution >= 0.6 is 0 Å². The van der Waals surface area contributed by atoms with E-state index in [0.717, 1.165) is 23.7 Å². The number of hydrogen-bond donors (Lipinski definition) is 1. The van der Waals surface area contributed by atoms with Gasteiger partial charge < -0.3 is 5.32 Å². The Morgan fingerprint density at radius 3 is 2.92 bits per heavy atom. The van der Waals surface area contributed by atoms with Crippen molar-refractivity contribution in [1.82, 2.24) is 20.3 Å². The van der Waals surface area contributed by atoms with Crippen molar-refractivity contribution >= 4 is 5.70 Å². The fraction of sp³-hybridized carbons (Fsp3) is 0.810. The van der Waals surface area contributed by atoms with E-state index in [0.29, 0.717) is 10.8 Å². The van der Waals surface area contributed by atoms with E-state index < -0.39 is 0 Å². The Kier molecular flexibility index (Phi) is 3.64. The molecule has 0 bridgehead atoms. The van der Waals surface area contributed by atoms with Crippen molar-refractivity contribution in [3.05, 3.63) is 18.5 Å². The summed E-state index contributed by atoms with van der Waals surface area (Å²) >= 11 is 0. The van der Waals surface area contributed by atoms with E-state index in [4.69, 9.17) is 0 Å². The highest BCUT2D eigenvalue weighted by Gasteiger charge is 2.58. The molecule has 1 saturated heterocycles. The summed E-state index contributed by atoms with van der Waals surface area (Å²) in [5, 5.41) is 12.1. The Balaban J connectivity index is 1.46. The molecule has 2 saturated carbocycles. The molecule has 25 heavy (non-hydrogen) atoms. The summed E-state index contributed by atoms with van der Waals surface area (Å²) in [5.41, 5.74) is 2.27. The van der Waals surface area contributed by atoms with Gasteiger partial charge in [-0.3, -0.25) is 0 Å². The van der Waals surface area contributed by atoms with Crippen LogP contribution in [-0.2, 0) is 0 Å². The van der Waals surface area contributed by atoms with Crippen LogP contribution in [0, 0.1) is 34.5 Å². The van der Waals surface area contributed by atoms with Gasteiger partial charge in [0, 0.05) is 11.1 Å². The fourth-order valence-electron chi connectivity index (χ4n) is 7.37. The first-order valence-electron chi connectivity index (χ1n) is 10.4. The van der Waals surface area contributed by atoms with Gasteiger partial charge in [-0.1, -0.05) is 25.1 Å². The van der Waals surface area contributed by atoms with E-state index in [1.54, 1.807) is 0 Å². The van der Waals surface area contributed by atoms with Gasteiger partial charge in [-0.25, -0.2) is 4.68 Å². The zero-order valence-corrected chi connectivity index (χ0v) is 15.7. The second kappa shape index (κ2) is 5.67. The summed E-state index contributed by atoms with van der Waals surface area (Å²) in [4.78, 5) is 0. The lowest BCUT2D eigenvalue weighted by Gasteiger charge is -2.58. The molecule has 1 aromatic heterocycles. The highest BCUT2D eigenvalue weighted by atomic mass is 15.4. The number of rotatable bonds is 1. The molecular weight excluding hydrogens is 308 g/mol. The molecule has 4 heteroatoms. The molecule has 1 aliphatic heterocycles. The van der Waals surface area contributed by atoms with Crippen molar-refractivity contribution in [1.29, 1.82) is 0 Å². The van der Waals surface area contributed by atoms with E-state index in [-0.39, 0.29) is 0 Å². The van der Waals surface area contributed by atoms with Gasteiger partial charge in [0.25, 0.3) is 0 Å². The molecule has 6 atom stereocenters. The van der Waals surface area contributed by atoms with Crippen molar-refractivity contribution < 1.29 is 0 Å². The summed E-state index contributed by atoms with van der Waals surface area (Å²) in [6, 6.07) is 0. The van der Waals surface area contributed by atoms with Crippen LogP contribution in [0.4, 0.5) is 0 Å². The molecule has 3 fully saturated rings. The topological polar surface area (TPSA) is 42.7 Å². The van der Waals surface area contributed by atoms with E-state index in [1.165, 1.54) is 63.7 Å². The maximum absolute atomic E-state index is 4.32. The molecule has 4 aliphatic rings. The van der Waals surface area contributed by atoms with E-state index in [9.17, 15) is 0 Å². The summed E-state index contributed by atoms with van der Waals surface area (Å²) in [6.07, 6.45) is 15.9. The van der Waals surface area contributed by atoms with Gasteiger partial charge in [-0.05, 0) is 87.1 Å². The molecular formula is C21H32N4. The van der Waals surface area contributed by atoms with Crippen molar-refractivity contribution in [3.63, 3.8) is 0 Å². The first kappa shape index (κ1) is 16.0. The normalized spacial score (nSPS) is 46.6. The van der Waals surface area contributed by atoms with Gasteiger partial charge in [0.05, 0.1) is 12.4 Å². The summed E-state index contributed by atoms with van der Waals surface area (Å²) in [7, 11) is 0. The van der Waals surface area contributed by atoms with Crippen LogP contribution in [0.15, 0.2) is 18.5 Å². The average molecular weight is 341 g/mol. The third-order valence-corrected chi connectivity index (χ3v) is 8.73. The summed E-state index contributed by atoms with van der Waals surface area (Å²) in [6.45, 7) is 7.63. The SMILES string of the molecule is C[C@]12CCCNC[C@@H]1CC[C@@H]1[C@@H]2CC[C@]2(C)C(n3ccnn3)=CC[C@@H]12. The van der Waals surface area contributed by atoms with Crippen LogP contribution in [0.1, 0.15) is 58.8 Å². The average Bonchev–Trinajstić information content (AvgIpc) is 3.18. The first-order chi connectivity index (χ1) is 12.1. The summed E-state index contributed by atoms with van der Waals surface area (Å²) < 4.78 is 2.04. The molecule has 0 unspecified atom stereocenters. The highest BCUT2D eigenvalue weighted by Crippen LogP contribution is 2.65. The third kappa shape index (κ3) is 2.22. The van der Waals surface area contributed by atoms with Crippen LogP contribution in [0.25, 0.3) is 5.70 Å². The molecule has 3 aliphatic carbocycles. The van der Waals surface area contributed by atoms with Gasteiger partial charge >= 0.3 is 0 Å². The van der Waals surface area contributed by atoms with Gasteiger partial charge in [0.1, 0.15) is 0 Å². The molecule has 5 rings (SSSR count). The van der Waals surface area contributed by atoms with Gasteiger partial charge in [0.15, 0.2) is 0 Å². The molecule has 2 heterocycles. The molecule has 0 radical (unpaired) electrons. The molecule has 0 amide bonds. The lowest BCUT2D eigenvalue weighted by molar-refractivity contribution is -0.0784. The van der Waals surface area contributed by atoms with Crippen LogP contribution in [0.5, 0.6) is 0 Å². The van der Waals surface area contributed by atoms with Crippen molar-refractivity contribution in [3.8, 4) is 0 Å². The number of aromatic nitrogens is 3. The Bertz CT molecular complexity index is 665. The van der Waals surface area contributed by atoms with Crippen molar-refractivity contribution in [2.45, 2.75) is 58.8 Å². The Hall–Kier alpha value is -1.16. The predicted octanol–water partition coefficient (Wildman–Crippen LogP) is 3.97. The minimum atomic E-state index is 0.293. The Morgan fingerprint density at radius 1 is 1.16 bits per heavy atom. The standard InChI is InChI=1S/C21H32N4/c1-20-9-3-11-22-14-15(20)4-5-16-17-6-7-19(25-13-12-23-24-25)21(17,2)10-8-18(16)20/h7,12-13,15-18,22H,3-6,8-11,14H2,1-2H3/t15-,16-,17-,18-,20-,21-/m0/s1. The number of fused-ring (bicyclic) bond motifs is 5. The van der Waals surface area contributed by atoms with Crippen LogP contribution in [0.2, 0.25) is 0 Å². The second-order valence-electron chi connectivity index (χ2n) is 9.59. The first-order valence-corrected chi connectivity index (χ1v) is 10.4. The molecule has 0 spiro atoms. The number of allylic oxidation sites excluding steroid dienone is 2. The maximum Gasteiger partial charge on any atom is 0.0697 e. The molecule has 4 nitrogen and oxygen atoms in total. The van der Waals surface area contributed by atoms with Gasteiger partial charge in [0.2, 0.25) is 0 Å². The molecule has 0 aromatic carbocycles. The monoisotopic (exact) mass is 340 g/mol. The number of nitrogens with zero attached hydrogens (tertiary/aromatic N) is 3. The summed E-state index contributed by atoms with van der Waals surface area (Å²) in [5.74, 6) is 3.52.